The van der Waals surface area contributed by atoms with E-state index < -0.39 is 15.8 Å². The van der Waals surface area contributed by atoms with Crippen molar-refractivity contribution in [3.63, 3.8) is 0 Å². The van der Waals surface area contributed by atoms with Gasteiger partial charge in [0.25, 0.3) is 0 Å². The van der Waals surface area contributed by atoms with E-state index in [1.54, 1.807) is 11.8 Å². The van der Waals surface area contributed by atoms with Crippen molar-refractivity contribution in [2.45, 2.75) is 44.1 Å². The standard InChI is InChI=1S/C29H32O6S2/c1-19-12-25(34-10-5-11-37(3,32)33)13-20(2)29(19)22-7-4-6-21(14-22)17-35-24-8-9-26-23(15-28(30)31)18-36-27(26)16-24/h4,6-9,12-14,16,23H,5,10-11,15,17-18H2,1-3H3,(H,30,31). The molecule has 37 heavy (non-hydrogen) atoms. The molecule has 1 aliphatic heterocycles. The summed E-state index contributed by atoms with van der Waals surface area (Å²) >= 11 is 1.68. The Bertz CT molecular complexity index is 1370. The number of benzene rings is 3. The van der Waals surface area contributed by atoms with E-state index in [0.29, 0.717) is 19.6 Å². The van der Waals surface area contributed by atoms with Crippen LogP contribution in [0.1, 0.15) is 41.0 Å². The van der Waals surface area contributed by atoms with Crippen molar-refractivity contribution >= 4 is 27.6 Å². The van der Waals surface area contributed by atoms with Crippen LogP contribution in [-0.2, 0) is 21.2 Å². The van der Waals surface area contributed by atoms with E-state index in [1.807, 2.05) is 42.5 Å². The summed E-state index contributed by atoms with van der Waals surface area (Å²) < 4.78 is 34.5. The second-order valence-electron chi connectivity index (χ2n) is 9.56. The molecule has 4 rings (SSSR count). The minimum atomic E-state index is -2.98. The summed E-state index contributed by atoms with van der Waals surface area (Å²) in [5, 5.41) is 9.13. The second-order valence-corrected chi connectivity index (χ2v) is 12.9. The molecule has 1 unspecified atom stereocenters. The topological polar surface area (TPSA) is 89.9 Å². The number of aliphatic carboxylic acids is 1. The number of sulfone groups is 1. The number of carbonyl (C=O) groups is 1. The summed E-state index contributed by atoms with van der Waals surface area (Å²) in [4.78, 5) is 12.2. The zero-order chi connectivity index (χ0) is 26.6. The highest BCUT2D eigenvalue weighted by Gasteiger charge is 2.25. The molecule has 0 fully saturated rings. The van der Waals surface area contributed by atoms with Gasteiger partial charge in [-0.05, 0) is 84.0 Å². The lowest BCUT2D eigenvalue weighted by molar-refractivity contribution is -0.137. The third-order valence-electron chi connectivity index (χ3n) is 6.34. The van der Waals surface area contributed by atoms with Gasteiger partial charge in [-0.15, -0.1) is 11.8 Å². The molecular formula is C29H32O6S2. The van der Waals surface area contributed by atoms with Crippen LogP contribution < -0.4 is 9.47 Å². The maximum Gasteiger partial charge on any atom is 0.303 e. The number of ether oxygens (including phenoxy) is 2. The van der Waals surface area contributed by atoms with E-state index in [4.69, 9.17) is 14.6 Å². The van der Waals surface area contributed by atoms with Gasteiger partial charge in [0, 0.05) is 22.8 Å². The number of carboxylic acid groups (broad SMARTS) is 1. The molecular weight excluding hydrogens is 508 g/mol. The van der Waals surface area contributed by atoms with E-state index >= 15 is 0 Å². The minimum Gasteiger partial charge on any atom is -0.494 e. The van der Waals surface area contributed by atoms with Crippen LogP contribution >= 0.6 is 11.8 Å². The normalized spacial score (nSPS) is 14.8. The van der Waals surface area contributed by atoms with Crippen molar-refractivity contribution in [2.24, 2.45) is 0 Å². The van der Waals surface area contributed by atoms with Crippen molar-refractivity contribution in [1.82, 2.24) is 0 Å². The number of rotatable bonds is 11. The van der Waals surface area contributed by atoms with Crippen LogP contribution in [0.4, 0.5) is 0 Å². The van der Waals surface area contributed by atoms with Crippen LogP contribution in [0.2, 0.25) is 0 Å². The molecule has 0 saturated carbocycles. The fraction of sp³-hybridized carbons (Fsp3) is 0.345. The zero-order valence-electron chi connectivity index (χ0n) is 21.3. The number of aryl methyl sites for hydroxylation is 2. The van der Waals surface area contributed by atoms with Crippen LogP contribution in [0.25, 0.3) is 11.1 Å². The molecule has 0 amide bonds. The number of fused-ring (bicyclic) bond motifs is 1. The maximum atomic E-state index is 11.3. The van der Waals surface area contributed by atoms with Gasteiger partial charge in [0.05, 0.1) is 18.8 Å². The van der Waals surface area contributed by atoms with Gasteiger partial charge in [0.1, 0.15) is 27.9 Å². The molecule has 3 aromatic carbocycles. The fourth-order valence-corrected chi connectivity index (χ4v) is 6.60. The zero-order valence-corrected chi connectivity index (χ0v) is 23.0. The first kappa shape index (κ1) is 27.1. The molecule has 196 valence electrons. The third-order valence-corrected chi connectivity index (χ3v) is 8.61. The summed E-state index contributed by atoms with van der Waals surface area (Å²) in [6, 6.07) is 18.2. The quantitative estimate of drug-likeness (QED) is 0.297. The highest BCUT2D eigenvalue weighted by atomic mass is 32.2. The van der Waals surface area contributed by atoms with E-state index in [2.05, 4.69) is 26.0 Å². The van der Waals surface area contributed by atoms with Gasteiger partial charge in [-0.3, -0.25) is 4.79 Å². The third kappa shape index (κ3) is 7.29. The average molecular weight is 541 g/mol. The SMILES string of the molecule is Cc1cc(OCCCS(C)(=O)=O)cc(C)c1-c1cccc(COc2ccc3c(c2)SCC3CC(=O)O)c1. The van der Waals surface area contributed by atoms with Crippen molar-refractivity contribution in [3.8, 4) is 22.6 Å². The van der Waals surface area contributed by atoms with Gasteiger partial charge in [-0.2, -0.15) is 0 Å². The molecule has 0 spiro atoms. The number of carboxylic acids is 1. The molecule has 1 atom stereocenters. The lowest BCUT2D eigenvalue weighted by Crippen LogP contribution is -2.08. The summed E-state index contributed by atoms with van der Waals surface area (Å²) in [6.45, 7) is 4.89. The van der Waals surface area contributed by atoms with Crippen molar-refractivity contribution < 1.29 is 27.8 Å². The molecule has 1 aliphatic rings. The molecule has 1 heterocycles. The average Bonchev–Trinajstić information content (AvgIpc) is 3.21. The van der Waals surface area contributed by atoms with Gasteiger partial charge >= 0.3 is 5.97 Å². The smallest absolute Gasteiger partial charge is 0.303 e. The Balaban J connectivity index is 1.42. The van der Waals surface area contributed by atoms with Gasteiger partial charge in [0.2, 0.25) is 0 Å². The maximum absolute atomic E-state index is 11.3. The second kappa shape index (κ2) is 11.6. The van der Waals surface area contributed by atoms with Gasteiger partial charge < -0.3 is 14.6 Å². The number of hydrogen-bond acceptors (Lipinski definition) is 6. The molecule has 0 bridgehead atoms. The Kier molecular flexibility index (Phi) is 8.49. The van der Waals surface area contributed by atoms with Crippen molar-refractivity contribution in [3.05, 3.63) is 76.9 Å². The number of hydrogen-bond donors (Lipinski definition) is 1. The lowest BCUT2D eigenvalue weighted by Gasteiger charge is -2.15. The molecule has 0 saturated heterocycles. The molecule has 6 nitrogen and oxygen atoms in total. The highest BCUT2D eigenvalue weighted by molar-refractivity contribution is 7.99. The summed E-state index contributed by atoms with van der Waals surface area (Å²) in [6.07, 6.45) is 1.85. The Morgan fingerprint density at radius 1 is 1.03 bits per heavy atom. The Labute approximate surface area is 222 Å². The largest absolute Gasteiger partial charge is 0.494 e. The van der Waals surface area contributed by atoms with Crippen molar-refractivity contribution in [1.29, 1.82) is 0 Å². The summed E-state index contributed by atoms with van der Waals surface area (Å²) in [7, 11) is -2.98. The molecule has 0 aliphatic carbocycles. The summed E-state index contributed by atoms with van der Waals surface area (Å²) in [5.74, 6) is 1.71. The minimum absolute atomic E-state index is 0.0546. The Hall–Kier alpha value is -2.97. The molecule has 0 radical (unpaired) electrons. The highest BCUT2D eigenvalue weighted by Crippen LogP contribution is 2.43. The Morgan fingerprint density at radius 3 is 2.49 bits per heavy atom. The van der Waals surface area contributed by atoms with E-state index in [0.717, 1.165) is 55.5 Å². The van der Waals surface area contributed by atoms with Crippen LogP contribution in [0.5, 0.6) is 11.5 Å². The molecule has 3 aromatic rings. The van der Waals surface area contributed by atoms with Crippen LogP contribution in [-0.4, -0.2) is 43.9 Å². The fourth-order valence-electron chi connectivity index (χ4n) is 4.68. The monoisotopic (exact) mass is 540 g/mol. The summed E-state index contributed by atoms with van der Waals surface area (Å²) in [5.41, 5.74) is 6.56. The number of thioether (sulfide) groups is 1. The predicted octanol–water partition coefficient (Wildman–Crippen LogP) is 6.03. The van der Waals surface area contributed by atoms with Crippen molar-refractivity contribution in [2.75, 3.05) is 24.4 Å². The molecule has 8 heteroatoms. The van der Waals surface area contributed by atoms with Gasteiger partial charge in [-0.25, -0.2) is 8.42 Å². The van der Waals surface area contributed by atoms with E-state index in [1.165, 1.54) is 6.26 Å². The van der Waals surface area contributed by atoms with E-state index in [-0.39, 0.29) is 18.1 Å². The van der Waals surface area contributed by atoms with Crippen LogP contribution in [0.3, 0.4) is 0 Å². The van der Waals surface area contributed by atoms with Gasteiger partial charge in [-0.1, -0.05) is 24.3 Å². The first-order valence-electron chi connectivity index (χ1n) is 12.2. The van der Waals surface area contributed by atoms with Gasteiger partial charge in [0.15, 0.2) is 0 Å². The van der Waals surface area contributed by atoms with E-state index in [9.17, 15) is 13.2 Å². The lowest BCUT2D eigenvalue weighted by atomic mass is 9.94. The Morgan fingerprint density at radius 2 is 1.78 bits per heavy atom. The molecule has 1 N–H and O–H groups in total. The first-order valence-corrected chi connectivity index (χ1v) is 15.3. The molecule has 0 aromatic heterocycles. The predicted molar refractivity (Wildman–Crippen MR) is 148 cm³/mol. The van der Waals surface area contributed by atoms with Crippen LogP contribution in [0.15, 0.2) is 59.5 Å². The first-order chi connectivity index (χ1) is 17.6. The van der Waals surface area contributed by atoms with Crippen LogP contribution in [0, 0.1) is 13.8 Å².